The molecule has 22 heavy (non-hydrogen) atoms. The van der Waals surface area contributed by atoms with Gasteiger partial charge in [-0.25, -0.2) is 4.79 Å². The first-order chi connectivity index (χ1) is 10.1. The molecule has 5 N–H and O–H groups in total. The van der Waals surface area contributed by atoms with Gasteiger partial charge in [-0.3, -0.25) is 19.2 Å². The molecule has 1 fully saturated rings. The number of ether oxygens (including phenoxy) is 1. The Bertz CT molecular complexity index is 638. The molecule has 1 aliphatic heterocycles. The van der Waals surface area contributed by atoms with Crippen LogP contribution in [-0.2, 0) is 4.74 Å². The van der Waals surface area contributed by atoms with Crippen LogP contribution in [0.15, 0.2) is 21.9 Å². The molecule has 0 radical (unpaired) electrons. The molecule has 0 saturated carbocycles. The van der Waals surface area contributed by atoms with Crippen LogP contribution < -0.4 is 21.0 Å². The zero-order chi connectivity index (χ0) is 16.7. The van der Waals surface area contributed by atoms with Gasteiger partial charge in [0.05, 0.1) is 0 Å². The summed E-state index contributed by atoms with van der Waals surface area (Å²) >= 11 is 0. The average molecular weight is 337 g/mol. The Hall–Kier alpha value is -1.17. The van der Waals surface area contributed by atoms with Crippen LogP contribution >= 0.6 is 7.94 Å². The number of aromatic nitrogens is 2. The van der Waals surface area contributed by atoms with Gasteiger partial charge >= 0.3 is 5.69 Å². The van der Waals surface area contributed by atoms with Crippen LogP contribution in [0.5, 0.6) is 0 Å². The summed E-state index contributed by atoms with van der Waals surface area (Å²) in [4.78, 5) is 54.7. The number of aliphatic hydroxyl groups excluding tert-OH is 3. The molecule has 1 aromatic heterocycles. The molecule has 1 saturated heterocycles. The first-order valence-corrected chi connectivity index (χ1v) is 7.90. The number of hydrogen-bond donors (Lipinski definition) is 5. The summed E-state index contributed by atoms with van der Waals surface area (Å²) in [5, 5.41) is 29.4. The highest BCUT2D eigenvalue weighted by atomic mass is 31.2. The monoisotopic (exact) mass is 337 g/mol. The first kappa shape index (κ1) is 17.2. The Morgan fingerprint density at radius 1 is 1.36 bits per heavy atom. The molecular weight excluding hydrogens is 323 g/mol. The van der Waals surface area contributed by atoms with Crippen LogP contribution in [0.2, 0.25) is 0 Å². The zero-order valence-electron chi connectivity index (χ0n) is 11.0. The highest BCUT2D eigenvalue weighted by Crippen LogP contribution is 2.38. The molecule has 0 bridgehead atoms. The molecule has 0 aromatic carbocycles. The Balaban J connectivity index is 2.23. The SMILES string of the molecule is O=c1ccn([C@@H]2O[C@H]([C@H](O)C[P+]([O-])([O-])O)[C@@H](O)[C@H]2O)c(=O)[nH]1. The topological polar surface area (TPSA) is 191 Å². The van der Waals surface area contributed by atoms with E-state index in [4.69, 9.17) is 9.63 Å². The van der Waals surface area contributed by atoms with E-state index in [9.17, 15) is 34.7 Å². The summed E-state index contributed by atoms with van der Waals surface area (Å²) in [6.45, 7) is 0. The van der Waals surface area contributed by atoms with Crippen molar-refractivity contribution in [1.29, 1.82) is 0 Å². The molecule has 12 heteroatoms. The maximum Gasteiger partial charge on any atom is 0.330 e. The molecule has 0 aliphatic carbocycles. The van der Waals surface area contributed by atoms with Gasteiger partial charge in [0.2, 0.25) is 0 Å². The van der Waals surface area contributed by atoms with Crippen molar-refractivity contribution >= 4 is 7.94 Å². The minimum Gasteiger partial charge on any atom is -0.660 e. The number of nitrogens with one attached hydrogen (secondary N) is 1. The number of nitrogens with zero attached hydrogens (tertiary/aromatic N) is 1. The molecule has 2 rings (SSSR count). The number of hydrogen-bond acceptors (Lipinski definition) is 9. The minimum absolute atomic E-state index is 0.682. The number of H-pyrrole nitrogens is 1. The maximum absolute atomic E-state index is 11.6. The number of aromatic amines is 1. The van der Waals surface area contributed by atoms with E-state index < -0.39 is 56.0 Å². The van der Waals surface area contributed by atoms with Crippen molar-refractivity contribution in [2.45, 2.75) is 30.6 Å². The molecule has 0 amide bonds. The number of rotatable bonds is 4. The molecule has 1 aromatic rings. The highest BCUT2D eigenvalue weighted by molar-refractivity contribution is 7.55. The second kappa shape index (κ2) is 6.14. The highest BCUT2D eigenvalue weighted by Gasteiger charge is 2.48. The normalized spacial score (nSPS) is 30.5. The van der Waals surface area contributed by atoms with Gasteiger partial charge in [0.25, 0.3) is 5.56 Å². The van der Waals surface area contributed by atoms with E-state index in [1.165, 1.54) is 0 Å². The van der Waals surface area contributed by atoms with Crippen LogP contribution in [-0.4, -0.2) is 60.3 Å². The molecule has 124 valence electrons. The van der Waals surface area contributed by atoms with Crippen LogP contribution in [0, 0.1) is 0 Å². The van der Waals surface area contributed by atoms with Crippen LogP contribution in [0.4, 0.5) is 0 Å². The third-order valence-electron chi connectivity index (χ3n) is 3.20. The summed E-state index contributed by atoms with van der Waals surface area (Å²) in [6.07, 6.45) is -8.24. The summed E-state index contributed by atoms with van der Waals surface area (Å²) in [5.74, 6) is 0. The van der Waals surface area contributed by atoms with E-state index in [-0.39, 0.29) is 0 Å². The molecule has 11 nitrogen and oxygen atoms in total. The predicted octanol–water partition coefficient (Wildman–Crippen LogP) is -5.01. The van der Waals surface area contributed by atoms with E-state index in [0.717, 1.165) is 16.8 Å². The lowest BCUT2D eigenvalue weighted by Crippen LogP contribution is -2.43. The van der Waals surface area contributed by atoms with E-state index >= 15 is 0 Å². The third-order valence-corrected chi connectivity index (χ3v) is 4.03. The Labute approximate surface area is 123 Å². The largest absolute Gasteiger partial charge is 0.660 e. The van der Waals surface area contributed by atoms with E-state index in [1.807, 2.05) is 4.98 Å². The molecule has 5 atom stereocenters. The van der Waals surface area contributed by atoms with Gasteiger partial charge in [-0.15, -0.1) is 0 Å². The average Bonchev–Trinajstić information content (AvgIpc) is 2.65. The van der Waals surface area contributed by atoms with E-state index in [0.29, 0.717) is 0 Å². The van der Waals surface area contributed by atoms with Gasteiger partial charge in [-0.2, -0.15) is 0 Å². The standard InChI is InChI=1S/C10H15N2O9P/c13-4(3-22(18,19)20)8-6(15)7(16)9(21-8)12-2-1-5(14)11-10(12)17/h1-2,4,6-9,13,15-16H,3H2,(H,11,14,17)(H2,18,19,20)/p-1/t4-,6+,7-,8-,9-/m1/s1. The fourth-order valence-corrected chi connectivity index (χ4v) is 2.88. The van der Waals surface area contributed by atoms with Crippen molar-refractivity contribution in [2.24, 2.45) is 0 Å². The Morgan fingerprint density at radius 3 is 2.55 bits per heavy atom. The van der Waals surface area contributed by atoms with Gasteiger partial charge < -0.3 is 29.8 Å². The Morgan fingerprint density at radius 2 is 2.00 bits per heavy atom. The fourth-order valence-electron chi connectivity index (χ4n) is 2.20. The van der Waals surface area contributed by atoms with Gasteiger partial charge in [0.15, 0.2) is 6.23 Å². The number of aliphatic hydroxyl groups is 3. The van der Waals surface area contributed by atoms with Crippen molar-refractivity contribution < 1.29 is 34.7 Å². The van der Waals surface area contributed by atoms with Crippen molar-refractivity contribution in [3.8, 4) is 0 Å². The minimum atomic E-state index is -4.82. The van der Waals surface area contributed by atoms with Crippen LogP contribution in [0.1, 0.15) is 6.23 Å². The summed E-state index contributed by atoms with van der Waals surface area (Å²) in [6, 6.07) is 0.979. The smallest absolute Gasteiger partial charge is 0.330 e. The van der Waals surface area contributed by atoms with Crippen molar-refractivity contribution in [2.75, 3.05) is 6.16 Å². The maximum atomic E-state index is 11.6. The van der Waals surface area contributed by atoms with Crippen molar-refractivity contribution in [3.05, 3.63) is 33.1 Å². The van der Waals surface area contributed by atoms with Gasteiger partial charge in [0.1, 0.15) is 30.6 Å². The Kier molecular flexibility index (Phi) is 4.80. The second-order valence-electron chi connectivity index (χ2n) is 4.88. The zero-order valence-corrected chi connectivity index (χ0v) is 11.9. The second-order valence-corrected chi connectivity index (χ2v) is 6.52. The summed E-state index contributed by atoms with van der Waals surface area (Å²) < 4.78 is 5.90. The van der Waals surface area contributed by atoms with Gasteiger partial charge in [0, 0.05) is 20.2 Å². The van der Waals surface area contributed by atoms with Crippen molar-refractivity contribution in [3.63, 3.8) is 0 Å². The fraction of sp³-hybridized carbons (Fsp3) is 0.600. The predicted molar refractivity (Wildman–Crippen MR) is 67.3 cm³/mol. The lowest BCUT2D eigenvalue weighted by molar-refractivity contribution is -0.333. The van der Waals surface area contributed by atoms with E-state index in [1.54, 1.807) is 0 Å². The van der Waals surface area contributed by atoms with Crippen LogP contribution in [0.3, 0.4) is 0 Å². The lowest BCUT2D eigenvalue weighted by atomic mass is 10.1. The molecular formula is C10H14N2O9P-. The molecule has 2 heterocycles. The quantitative estimate of drug-likeness (QED) is 0.335. The summed E-state index contributed by atoms with van der Waals surface area (Å²) in [7, 11) is -4.82. The van der Waals surface area contributed by atoms with Gasteiger partial charge in [-0.05, 0) is 0 Å². The first-order valence-electron chi connectivity index (χ1n) is 6.14. The summed E-state index contributed by atoms with van der Waals surface area (Å²) in [5.41, 5.74) is -1.60. The van der Waals surface area contributed by atoms with Crippen LogP contribution in [0.25, 0.3) is 0 Å². The third kappa shape index (κ3) is 3.59. The molecule has 0 spiro atoms. The molecule has 1 aliphatic rings. The van der Waals surface area contributed by atoms with E-state index in [2.05, 4.69) is 0 Å². The van der Waals surface area contributed by atoms with Gasteiger partial charge in [-0.1, -0.05) is 0 Å². The lowest BCUT2D eigenvalue weighted by Gasteiger charge is -2.32. The molecule has 0 unspecified atom stereocenters. The van der Waals surface area contributed by atoms with Crippen molar-refractivity contribution in [1.82, 2.24) is 9.55 Å².